The first-order valence-electron chi connectivity index (χ1n) is 9.14. The minimum absolute atomic E-state index is 0.0179. The molecule has 0 saturated carbocycles. The Kier molecular flexibility index (Phi) is 4.99. The number of nitrogens with zero attached hydrogens (tertiary/aromatic N) is 2. The second kappa shape index (κ2) is 7.25. The van der Waals surface area contributed by atoms with E-state index in [9.17, 15) is 27.9 Å². The molecule has 0 aliphatic carbocycles. The van der Waals surface area contributed by atoms with E-state index < -0.39 is 39.2 Å². The van der Waals surface area contributed by atoms with Gasteiger partial charge < -0.3 is 10.8 Å². The van der Waals surface area contributed by atoms with Crippen molar-refractivity contribution in [2.45, 2.75) is 29.7 Å². The van der Waals surface area contributed by atoms with Gasteiger partial charge in [-0.15, -0.1) is 11.8 Å². The van der Waals surface area contributed by atoms with Gasteiger partial charge in [0.05, 0.1) is 4.90 Å². The summed E-state index contributed by atoms with van der Waals surface area (Å²) in [5, 5.41) is 9.16. The fourth-order valence-electron chi connectivity index (χ4n) is 3.65. The molecule has 2 saturated heterocycles. The number of carbonyl (C=O) groups excluding carboxylic acids is 2. The second-order valence-corrected chi connectivity index (χ2v) is 10.2. The van der Waals surface area contributed by atoms with Crippen molar-refractivity contribution in [2.75, 3.05) is 12.3 Å². The van der Waals surface area contributed by atoms with Crippen molar-refractivity contribution >= 4 is 39.6 Å². The highest BCUT2D eigenvalue weighted by molar-refractivity contribution is 8.00. The van der Waals surface area contributed by atoms with Crippen LogP contribution in [0.4, 0.5) is 0 Å². The smallest absolute Gasteiger partial charge is 0.352 e. The van der Waals surface area contributed by atoms with Crippen molar-refractivity contribution in [1.82, 2.24) is 9.21 Å². The number of allylic oxidation sites excluding steroid dienone is 1. The van der Waals surface area contributed by atoms with Crippen LogP contribution in [-0.2, 0) is 24.4 Å². The number of thioether (sulfide) groups is 1. The van der Waals surface area contributed by atoms with E-state index in [0.29, 0.717) is 5.57 Å². The normalized spacial score (nSPS) is 25.6. The molecular weight excluding hydrogens is 430 g/mol. The summed E-state index contributed by atoms with van der Waals surface area (Å²) < 4.78 is 26.5. The molecule has 1 aromatic carbocycles. The Balaban J connectivity index is 1.65. The molecule has 11 heteroatoms. The number of β-lactam (4-membered cyclic amide) rings is 1. The number of aryl methyl sites for hydroxylation is 1. The third-order valence-electron chi connectivity index (χ3n) is 5.28. The number of carboxylic acids is 1. The van der Waals surface area contributed by atoms with Crippen molar-refractivity contribution in [3.8, 4) is 0 Å². The van der Waals surface area contributed by atoms with Crippen LogP contribution >= 0.6 is 11.8 Å². The van der Waals surface area contributed by atoms with E-state index in [-0.39, 0.29) is 34.9 Å². The van der Waals surface area contributed by atoms with Gasteiger partial charge in [0.1, 0.15) is 17.1 Å². The van der Waals surface area contributed by atoms with E-state index in [0.717, 1.165) is 14.8 Å². The molecule has 0 unspecified atom stereocenters. The lowest BCUT2D eigenvalue weighted by Gasteiger charge is -2.47. The van der Waals surface area contributed by atoms with E-state index in [4.69, 9.17) is 5.73 Å². The third-order valence-corrected chi connectivity index (χ3v) is 8.40. The van der Waals surface area contributed by atoms with Gasteiger partial charge >= 0.3 is 5.97 Å². The predicted molar refractivity (Wildman–Crippen MR) is 109 cm³/mol. The summed E-state index contributed by atoms with van der Waals surface area (Å²) in [5.41, 5.74) is 6.90. The minimum Gasteiger partial charge on any atom is -0.477 e. The summed E-state index contributed by atoms with van der Waals surface area (Å²) in [4.78, 5) is 37.8. The van der Waals surface area contributed by atoms with Crippen LogP contribution < -0.4 is 5.73 Å². The first-order chi connectivity index (χ1) is 14.1. The second-order valence-electron chi connectivity index (χ2n) is 7.23. The van der Waals surface area contributed by atoms with Crippen LogP contribution in [0, 0.1) is 6.92 Å². The summed E-state index contributed by atoms with van der Waals surface area (Å²) in [6, 6.07) is 5.45. The van der Waals surface area contributed by atoms with Crippen LogP contribution in [0.25, 0.3) is 0 Å². The van der Waals surface area contributed by atoms with Gasteiger partial charge in [-0.25, -0.2) is 17.5 Å². The average molecular weight is 450 g/mol. The highest BCUT2D eigenvalue weighted by Crippen LogP contribution is 2.40. The van der Waals surface area contributed by atoms with E-state index in [2.05, 4.69) is 0 Å². The molecule has 3 N–H and O–H groups in total. The van der Waals surface area contributed by atoms with Crippen LogP contribution in [0.15, 0.2) is 52.1 Å². The summed E-state index contributed by atoms with van der Waals surface area (Å²) in [6.07, 6.45) is 1.55. The van der Waals surface area contributed by atoms with Gasteiger partial charge in [0, 0.05) is 17.9 Å². The first-order valence-corrected chi connectivity index (χ1v) is 11.6. The molecule has 9 nitrogen and oxygen atoms in total. The fraction of sp³-hybridized carbons (Fsp3) is 0.316. The first kappa shape index (κ1) is 20.6. The monoisotopic (exact) mass is 449 g/mol. The molecule has 3 heterocycles. The number of benzene rings is 1. The lowest BCUT2D eigenvalue weighted by atomic mass is 10.0. The zero-order valence-electron chi connectivity index (χ0n) is 15.9. The standard InChI is InChI=1S/C19H19N3O6S2/c1-10-2-4-13(5-3-10)30(27,28)21-7-6-11(16(21)23)8-12-9-29-18-14(20)17(24)22(18)15(12)19(25)26/h2-5,8,14,18H,6-7,9,20H2,1H3,(H,25,26)/t14-,18-/m1/s1. The SMILES string of the molecule is Cc1ccc(S(=O)(=O)N2CCC(=CC3=C(C(=O)O)N4C(=O)[C@@H](N)[C@H]4SC3)C2=O)cc1. The summed E-state index contributed by atoms with van der Waals surface area (Å²) in [6.45, 7) is 1.80. The molecule has 158 valence electrons. The molecule has 0 aromatic heterocycles. The Bertz CT molecular complexity index is 1120. The molecule has 0 radical (unpaired) electrons. The number of nitrogens with two attached hydrogens (primary N) is 1. The molecule has 2 fully saturated rings. The van der Waals surface area contributed by atoms with Crippen molar-refractivity contribution in [3.63, 3.8) is 0 Å². The van der Waals surface area contributed by atoms with Gasteiger partial charge in [-0.05, 0) is 37.1 Å². The minimum atomic E-state index is -4.01. The van der Waals surface area contributed by atoms with E-state index >= 15 is 0 Å². The Labute approximate surface area is 177 Å². The maximum Gasteiger partial charge on any atom is 0.352 e. The molecule has 0 bridgehead atoms. The zero-order chi connectivity index (χ0) is 21.8. The highest BCUT2D eigenvalue weighted by Gasteiger charge is 2.51. The Morgan fingerprint density at radius 2 is 1.93 bits per heavy atom. The number of hydrogen-bond donors (Lipinski definition) is 2. The molecule has 0 spiro atoms. The quantitative estimate of drug-likeness (QED) is 0.498. The van der Waals surface area contributed by atoms with Crippen LogP contribution in [-0.4, -0.2) is 64.2 Å². The van der Waals surface area contributed by atoms with Crippen molar-refractivity contribution in [2.24, 2.45) is 5.73 Å². The molecule has 4 rings (SSSR count). The van der Waals surface area contributed by atoms with Crippen molar-refractivity contribution in [1.29, 1.82) is 0 Å². The summed E-state index contributed by atoms with van der Waals surface area (Å²) in [5.74, 6) is -2.21. The van der Waals surface area contributed by atoms with Crippen LogP contribution in [0.3, 0.4) is 0 Å². The topological polar surface area (TPSA) is 138 Å². The molecule has 2 atom stereocenters. The number of hydrogen-bond acceptors (Lipinski definition) is 7. The largest absolute Gasteiger partial charge is 0.477 e. The van der Waals surface area contributed by atoms with Gasteiger partial charge in [0.2, 0.25) is 5.91 Å². The van der Waals surface area contributed by atoms with Gasteiger partial charge in [-0.1, -0.05) is 17.7 Å². The van der Waals surface area contributed by atoms with Gasteiger partial charge in [-0.3, -0.25) is 14.5 Å². The lowest BCUT2D eigenvalue weighted by molar-refractivity contribution is -0.147. The molecule has 2 amide bonds. The number of aliphatic carboxylic acids is 1. The fourth-order valence-corrected chi connectivity index (χ4v) is 6.31. The van der Waals surface area contributed by atoms with E-state index in [1.807, 2.05) is 6.92 Å². The molecule has 1 aromatic rings. The highest BCUT2D eigenvalue weighted by atomic mass is 32.2. The molecule has 30 heavy (non-hydrogen) atoms. The van der Waals surface area contributed by atoms with Crippen molar-refractivity contribution < 1.29 is 27.9 Å². The van der Waals surface area contributed by atoms with Gasteiger partial charge in [0.15, 0.2) is 0 Å². The summed E-state index contributed by atoms with van der Waals surface area (Å²) >= 11 is 1.31. The number of fused-ring (bicyclic) bond motifs is 1. The van der Waals surface area contributed by atoms with Gasteiger partial charge in [0.25, 0.3) is 15.9 Å². The van der Waals surface area contributed by atoms with E-state index in [1.54, 1.807) is 12.1 Å². The number of amides is 2. The maximum absolute atomic E-state index is 12.9. The number of carbonyl (C=O) groups is 3. The number of rotatable bonds is 4. The van der Waals surface area contributed by atoms with Crippen LogP contribution in [0.5, 0.6) is 0 Å². The van der Waals surface area contributed by atoms with Crippen molar-refractivity contribution in [3.05, 3.63) is 52.7 Å². The van der Waals surface area contributed by atoms with Crippen LogP contribution in [0.1, 0.15) is 12.0 Å². The molecular formula is C19H19N3O6S2. The zero-order valence-corrected chi connectivity index (χ0v) is 17.6. The molecule has 3 aliphatic heterocycles. The predicted octanol–water partition coefficient (Wildman–Crippen LogP) is 0.424. The maximum atomic E-state index is 12.9. The molecule has 3 aliphatic rings. The van der Waals surface area contributed by atoms with Gasteiger partial charge in [-0.2, -0.15) is 0 Å². The van der Waals surface area contributed by atoms with E-state index in [1.165, 1.54) is 30.0 Å². The Morgan fingerprint density at radius 3 is 2.57 bits per heavy atom. The summed E-state index contributed by atoms with van der Waals surface area (Å²) in [7, 11) is -4.01. The lowest BCUT2D eigenvalue weighted by Crippen LogP contribution is -2.68. The third kappa shape index (κ3) is 3.13. The Hall–Kier alpha value is -2.63. The van der Waals surface area contributed by atoms with Crippen LogP contribution in [0.2, 0.25) is 0 Å². The Morgan fingerprint density at radius 1 is 1.27 bits per heavy atom. The average Bonchev–Trinajstić information content (AvgIpc) is 3.08. The number of sulfonamides is 1. The number of carboxylic acid groups (broad SMARTS) is 1.